The van der Waals surface area contributed by atoms with Gasteiger partial charge in [-0.1, -0.05) is 117 Å². The first kappa shape index (κ1) is 60.1. The van der Waals surface area contributed by atoms with Crippen molar-refractivity contribution in [1.82, 2.24) is 0 Å². The van der Waals surface area contributed by atoms with Gasteiger partial charge in [0.05, 0.1) is 26.4 Å². The lowest BCUT2D eigenvalue weighted by atomic mass is 10.1. The Bertz CT molecular complexity index is 1250. The molecule has 0 aliphatic carbocycles. The molecule has 0 radical (unpaired) electrons. The number of phosphoric acid groups is 2. The predicted molar refractivity (Wildman–Crippen MR) is 233 cm³/mol. The van der Waals surface area contributed by atoms with E-state index in [4.69, 9.17) is 37.0 Å². The molecule has 5 atom stereocenters. The fourth-order valence-electron chi connectivity index (χ4n) is 5.77. The molecule has 0 heterocycles. The van der Waals surface area contributed by atoms with Crippen LogP contribution in [0.15, 0.2) is 0 Å². The van der Waals surface area contributed by atoms with Crippen LogP contribution in [0.25, 0.3) is 0 Å². The van der Waals surface area contributed by atoms with E-state index < -0.39 is 97.5 Å². The van der Waals surface area contributed by atoms with E-state index in [-0.39, 0.29) is 25.7 Å². The minimum absolute atomic E-state index is 0.0629. The third-order valence-electron chi connectivity index (χ3n) is 9.39. The summed E-state index contributed by atoms with van der Waals surface area (Å²) >= 11 is 0. The second kappa shape index (κ2) is 39.4. The van der Waals surface area contributed by atoms with Crippen molar-refractivity contribution in [3.05, 3.63) is 13.8 Å². The van der Waals surface area contributed by atoms with Gasteiger partial charge in [0.25, 0.3) is 0 Å². The van der Waals surface area contributed by atoms with Crippen LogP contribution >= 0.6 is 15.6 Å². The maximum Gasteiger partial charge on any atom is 0.472 e. The number of esters is 4. The predicted octanol–water partition coefficient (Wildman–Crippen LogP) is 9.38. The second-order valence-corrected chi connectivity index (χ2v) is 18.3. The zero-order valence-corrected chi connectivity index (χ0v) is 39.5. The van der Waals surface area contributed by atoms with Gasteiger partial charge in [-0.05, 0) is 25.7 Å². The van der Waals surface area contributed by atoms with Crippen LogP contribution in [-0.4, -0.2) is 96.7 Å². The lowest BCUT2D eigenvalue weighted by molar-refractivity contribution is -0.161. The Labute approximate surface area is 371 Å². The molecule has 62 heavy (non-hydrogen) atoms. The van der Waals surface area contributed by atoms with E-state index in [1.807, 2.05) is 6.92 Å². The minimum atomic E-state index is -4.91. The Hall–Kier alpha value is -1.94. The van der Waals surface area contributed by atoms with Crippen LogP contribution in [-0.2, 0) is 65.4 Å². The van der Waals surface area contributed by atoms with Crippen LogP contribution in [0.4, 0.5) is 0 Å². The molecule has 0 saturated heterocycles. The van der Waals surface area contributed by atoms with Crippen LogP contribution in [0.5, 0.6) is 0 Å². The van der Waals surface area contributed by atoms with Gasteiger partial charge < -0.3 is 47.7 Å². The smallest absolute Gasteiger partial charge is 0.462 e. The lowest BCUT2D eigenvalue weighted by Crippen LogP contribution is -2.30. The highest BCUT2D eigenvalue weighted by Gasteiger charge is 2.30. The van der Waals surface area contributed by atoms with Crippen LogP contribution in [0, 0.1) is 13.8 Å². The summed E-state index contributed by atoms with van der Waals surface area (Å²) in [7, 11) is -9.82. The van der Waals surface area contributed by atoms with Crippen molar-refractivity contribution in [2.75, 3.05) is 39.6 Å². The third-order valence-corrected chi connectivity index (χ3v) is 11.3. The Kier molecular flexibility index (Phi) is 38.2. The summed E-state index contributed by atoms with van der Waals surface area (Å²) in [6, 6.07) is 0. The molecule has 0 fully saturated rings. The Morgan fingerprint density at radius 1 is 0.435 bits per heavy atom. The summed E-state index contributed by atoms with van der Waals surface area (Å²) < 4.78 is 66.2. The molecule has 0 saturated carbocycles. The number of phosphoric ester groups is 2. The maximum atomic E-state index is 12.7. The molecule has 0 aliphatic rings. The van der Waals surface area contributed by atoms with Crippen LogP contribution in [0.2, 0.25) is 0 Å². The number of aliphatic hydroxyl groups is 1. The summed E-state index contributed by atoms with van der Waals surface area (Å²) in [5.41, 5.74) is 0. The van der Waals surface area contributed by atoms with Gasteiger partial charge >= 0.3 is 39.5 Å². The summed E-state index contributed by atoms with van der Waals surface area (Å²) in [6.07, 6.45) is 16.0. The first-order valence-corrected chi connectivity index (χ1v) is 25.9. The molecule has 0 aliphatic heterocycles. The molecule has 0 aromatic rings. The van der Waals surface area contributed by atoms with Crippen LogP contribution in [0.1, 0.15) is 181 Å². The standard InChI is InChI=1S/C43H80O17P2/c1-5-9-13-17-19-20-22-26-28-41(46)54-34-39(60-43(48)30-24-16-12-8-4)36-58-62(51,52)56-32-37(44)31-55-61(49,50)57-35-38(59-42(47)29-23-15-11-7-3)33-53-40(45)27-25-21-18-14-10-6-2/h37-39,44H,2-3,5-36H2,1,4H3,(H,49,50)(H,51,52)/q-2/t37-,38-,39-/m1/s1. The average Bonchev–Trinajstić information content (AvgIpc) is 3.23. The quantitative estimate of drug-likeness (QED) is 0.0170. The van der Waals surface area contributed by atoms with Crippen molar-refractivity contribution in [2.24, 2.45) is 0 Å². The molecule has 0 amide bonds. The summed E-state index contributed by atoms with van der Waals surface area (Å²) in [4.78, 5) is 70.1. The van der Waals surface area contributed by atoms with E-state index in [0.29, 0.717) is 25.7 Å². The molecule has 0 aromatic carbocycles. The molecule has 17 nitrogen and oxygen atoms in total. The zero-order valence-electron chi connectivity index (χ0n) is 37.7. The highest BCUT2D eigenvalue weighted by Crippen LogP contribution is 2.45. The molecule has 3 N–H and O–H groups in total. The van der Waals surface area contributed by atoms with Crippen molar-refractivity contribution in [3.8, 4) is 0 Å². The van der Waals surface area contributed by atoms with E-state index in [2.05, 4.69) is 20.8 Å². The van der Waals surface area contributed by atoms with Crippen molar-refractivity contribution >= 4 is 39.5 Å². The number of carbonyl (C=O) groups is 4. The van der Waals surface area contributed by atoms with E-state index in [0.717, 1.165) is 96.3 Å². The van der Waals surface area contributed by atoms with Crippen LogP contribution in [0.3, 0.4) is 0 Å². The summed E-state index contributed by atoms with van der Waals surface area (Å²) in [5.74, 6) is -2.26. The van der Waals surface area contributed by atoms with Gasteiger partial charge in [0, 0.05) is 25.7 Å². The van der Waals surface area contributed by atoms with Gasteiger partial charge in [-0.25, -0.2) is 9.13 Å². The number of hydrogen-bond acceptors (Lipinski definition) is 15. The maximum absolute atomic E-state index is 12.7. The number of unbranched alkanes of at least 4 members (excludes halogenated alkanes) is 18. The number of hydrogen-bond donors (Lipinski definition) is 3. The lowest BCUT2D eigenvalue weighted by Gasteiger charge is -2.21. The molecule has 0 spiro atoms. The number of ether oxygens (including phenoxy) is 4. The average molecular weight is 931 g/mol. The first-order chi connectivity index (χ1) is 29.7. The molecule has 0 aromatic heterocycles. The molecule has 0 bridgehead atoms. The van der Waals surface area contributed by atoms with Gasteiger partial charge in [-0.2, -0.15) is 12.8 Å². The van der Waals surface area contributed by atoms with Crippen molar-refractivity contribution in [1.29, 1.82) is 0 Å². The normalized spacial score (nSPS) is 14.9. The van der Waals surface area contributed by atoms with Gasteiger partial charge in [0.1, 0.15) is 19.3 Å². The largest absolute Gasteiger partial charge is 0.472 e. The van der Waals surface area contributed by atoms with E-state index in [9.17, 15) is 43.2 Å². The molecule has 366 valence electrons. The third kappa shape index (κ3) is 38.5. The minimum Gasteiger partial charge on any atom is -0.462 e. The monoisotopic (exact) mass is 930 g/mol. The Morgan fingerprint density at radius 2 is 0.726 bits per heavy atom. The van der Waals surface area contributed by atoms with Gasteiger partial charge in [0.2, 0.25) is 0 Å². The Morgan fingerprint density at radius 3 is 1.10 bits per heavy atom. The zero-order chi connectivity index (χ0) is 46.3. The van der Waals surface area contributed by atoms with E-state index >= 15 is 0 Å². The fourth-order valence-corrected chi connectivity index (χ4v) is 7.35. The second-order valence-electron chi connectivity index (χ2n) is 15.4. The fraction of sp³-hybridized carbons (Fsp3) is 0.860. The van der Waals surface area contributed by atoms with Crippen LogP contribution < -0.4 is 0 Å². The number of rotatable bonds is 44. The Balaban J connectivity index is 5.06. The highest BCUT2D eigenvalue weighted by molar-refractivity contribution is 7.47. The molecule has 2 unspecified atom stereocenters. The van der Waals surface area contributed by atoms with Crippen molar-refractivity contribution in [3.63, 3.8) is 0 Å². The van der Waals surface area contributed by atoms with Gasteiger partial charge in [-0.3, -0.25) is 37.3 Å². The number of aliphatic hydroxyl groups excluding tert-OH is 1. The van der Waals surface area contributed by atoms with Crippen molar-refractivity contribution in [2.45, 2.75) is 199 Å². The summed E-state index contributed by atoms with van der Waals surface area (Å²) in [5, 5.41) is 10.3. The van der Waals surface area contributed by atoms with Crippen molar-refractivity contribution < 1.29 is 80.2 Å². The van der Waals surface area contributed by atoms with E-state index in [1.165, 1.54) is 19.3 Å². The SMILES string of the molecule is [CH2-]CCCCCCCC(=O)OC[C@H](COP(=O)(O)OC[C@@H](O)COP(=O)(O)OC[C@@H](COC(=O)CCCCCCCCCC)OC(=O)CCCCCC)OC(=O)CCCCC[CH2-]. The molecule has 19 heteroatoms. The van der Waals surface area contributed by atoms with Gasteiger partial charge in [0.15, 0.2) is 12.2 Å². The summed E-state index contributed by atoms with van der Waals surface area (Å²) in [6.45, 7) is 7.72. The van der Waals surface area contributed by atoms with E-state index in [1.54, 1.807) is 0 Å². The molecular weight excluding hydrogens is 850 g/mol. The topological polar surface area (TPSA) is 237 Å². The number of carbonyl (C=O) groups excluding carboxylic acids is 4. The first-order valence-electron chi connectivity index (χ1n) is 22.9. The van der Waals surface area contributed by atoms with Gasteiger partial charge in [-0.15, -0.1) is 0 Å². The molecular formula is C43H80O17P2-2. The molecule has 0 rings (SSSR count). The highest BCUT2D eigenvalue weighted by atomic mass is 31.2.